The topological polar surface area (TPSA) is 60.0 Å². The molecule has 1 aliphatic carbocycles. The van der Waals surface area contributed by atoms with E-state index in [2.05, 4.69) is 50.9 Å². The molecule has 7 heteroatoms. The highest BCUT2D eigenvalue weighted by Crippen LogP contribution is 2.19. The first-order valence-corrected chi connectivity index (χ1v) is 10.5. The standard InChI is InChI=1S/C22H33N5O.HI/c1-23-22(24-13-12-19-8-4-2-5-9-19)25-18-21(28)27-16-14-26(15-17-27)20-10-6-3-7-11-20;/h3,6-8,10-11H,2,4-5,9,12-18H2,1H3,(H2,23,24,25);1H. The Bertz CT molecular complexity index is 684. The molecule has 0 spiro atoms. The number of aliphatic imine (C=N–C) groups is 1. The van der Waals surface area contributed by atoms with Gasteiger partial charge in [0, 0.05) is 45.5 Å². The highest BCUT2D eigenvalue weighted by Gasteiger charge is 2.21. The molecule has 1 saturated heterocycles. The average molecular weight is 511 g/mol. The molecule has 6 nitrogen and oxygen atoms in total. The van der Waals surface area contributed by atoms with Crippen molar-refractivity contribution >= 4 is 41.5 Å². The van der Waals surface area contributed by atoms with Gasteiger partial charge in [0.05, 0.1) is 6.54 Å². The van der Waals surface area contributed by atoms with Gasteiger partial charge in [0.25, 0.3) is 0 Å². The summed E-state index contributed by atoms with van der Waals surface area (Å²) in [4.78, 5) is 21.0. The number of hydrogen-bond acceptors (Lipinski definition) is 3. The van der Waals surface area contributed by atoms with Gasteiger partial charge in [0.1, 0.15) is 0 Å². The predicted octanol–water partition coefficient (Wildman–Crippen LogP) is 3.01. The fraction of sp³-hybridized carbons (Fsp3) is 0.545. The van der Waals surface area contributed by atoms with Gasteiger partial charge < -0.3 is 20.4 Å². The van der Waals surface area contributed by atoms with Crippen LogP contribution in [0.1, 0.15) is 32.1 Å². The minimum absolute atomic E-state index is 0. The minimum atomic E-state index is 0. The first kappa shape index (κ1) is 23.5. The summed E-state index contributed by atoms with van der Waals surface area (Å²) in [6.45, 7) is 4.41. The Labute approximate surface area is 191 Å². The second-order valence-corrected chi connectivity index (χ2v) is 7.41. The summed E-state index contributed by atoms with van der Waals surface area (Å²) in [5.74, 6) is 0.832. The van der Waals surface area contributed by atoms with Crippen LogP contribution in [0.2, 0.25) is 0 Å². The van der Waals surface area contributed by atoms with E-state index in [1.54, 1.807) is 12.6 Å². The van der Waals surface area contributed by atoms with Gasteiger partial charge in [-0.15, -0.1) is 24.0 Å². The fourth-order valence-electron chi connectivity index (χ4n) is 3.82. The Hall–Kier alpha value is -1.77. The minimum Gasteiger partial charge on any atom is -0.368 e. The Morgan fingerprint density at radius 3 is 2.48 bits per heavy atom. The lowest BCUT2D eigenvalue weighted by atomic mass is 9.97. The molecule has 1 aliphatic heterocycles. The number of carbonyl (C=O) groups is 1. The first-order chi connectivity index (χ1) is 13.8. The van der Waals surface area contributed by atoms with Crippen LogP contribution in [0.15, 0.2) is 47.0 Å². The monoisotopic (exact) mass is 511 g/mol. The van der Waals surface area contributed by atoms with E-state index >= 15 is 0 Å². The number of rotatable bonds is 6. The summed E-state index contributed by atoms with van der Waals surface area (Å²) in [7, 11) is 1.75. The molecule has 0 bridgehead atoms. The van der Waals surface area contributed by atoms with E-state index < -0.39 is 0 Å². The quantitative estimate of drug-likeness (QED) is 0.267. The normalized spacial score (nSPS) is 17.3. The van der Waals surface area contributed by atoms with E-state index in [9.17, 15) is 4.79 Å². The molecule has 2 N–H and O–H groups in total. The third-order valence-electron chi connectivity index (χ3n) is 5.51. The Morgan fingerprint density at radius 2 is 1.83 bits per heavy atom. The Morgan fingerprint density at radius 1 is 1.07 bits per heavy atom. The smallest absolute Gasteiger partial charge is 0.242 e. The van der Waals surface area contributed by atoms with Crippen molar-refractivity contribution in [3.63, 3.8) is 0 Å². The van der Waals surface area contributed by atoms with E-state index in [1.807, 2.05) is 11.0 Å². The number of piperazine rings is 1. The molecular formula is C22H34IN5O. The van der Waals surface area contributed by atoms with Crippen molar-refractivity contribution in [2.75, 3.05) is 51.2 Å². The van der Waals surface area contributed by atoms with Gasteiger partial charge >= 0.3 is 0 Å². The van der Waals surface area contributed by atoms with Crippen LogP contribution in [0.4, 0.5) is 5.69 Å². The van der Waals surface area contributed by atoms with Crippen molar-refractivity contribution in [1.82, 2.24) is 15.5 Å². The van der Waals surface area contributed by atoms with E-state index in [4.69, 9.17) is 0 Å². The van der Waals surface area contributed by atoms with Crippen molar-refractivity contribution in [3.05, 3.63) is 42.0 Å². The highest BCUT2D eigenvalue weighted by atomic mass is 127. The number of nitrogens with one attached hydrogen (secondary N) is 2. The van der Waals surface area contributed by atoms with Gasteiger partial charge in [-0.3, -0.25) is 9.79 Å². The largest absolute Gasteiger partial charge is 0.368 e. The zero-order valence-corrected chi connectivity index (χ0v) is 19.7. The molecule has 1 heterocycles. The van der Waals surface area contributed by atoms with Gasteiger partial charge in [-0.05, 0) is 44.2 Å². The molecule has 1 amide bonds. The fourth-order valence-corrected chi connectivity index (χ4v) is 3.82. The van der Waals surface area contributed by atoms with Gasteiger partial charge in [0.15, 0.2) is 5.96 Å². The summed E-state index contributed by atoms with van der Waals surface area (Å²) >= 11 is 0. The zero-order valence-electron chi connectivity index (χ0n) is 17.4. The van der Waals surface area contributed by atoms with Crippen molar-refractivity contribution in [1.29, 1.82) is 0 Å². The van der Waals surface area contributed by atoms with Gasteiger partial charge in [-0.25, -0.2) is 0 Å². The third kappa shape index (κ3) is 7.53. The SMILES string of the molecule is CN=C(NCCC1=CCCCC1)NCC(=O)N1CCN(c2ccccc2)CC1.I. The van der Waals surface area contributed by atoms with Crippen molar-refractivity contribution < 1.29 is 4.79 Å². The van der Waals surface area contributed by atoms with Gasteiger partial charge in [0.2, 0.25) is 5.91 Å². The summed E-state index contributed by atoms with van der Waals surface area (Å²) in [5, 5.41) is 6.48. The summed E-state index contributed by atoms with van der Waals surface area (Å²) < 4.78 is 0. The van der Waals surface area contributed by atoms with Crippen LogP contribution in [-0.2, 0) is 4.79 Å². The van der Waals surface area contributed by atoms with Crippen molar-refractivity contribution in [2.24, 2.45) is 4.99 Å². The number of anilines is 1. The molecule has 0 radical (unpaired) electrons. The van der Waals surface area contributed by atoms with Crippen LogP contribution in [-0.4, -0.2) is 63.1 Å². The van der Waals surface area contributed by atoms with Crippen LogP contribution < -0.4 is 15.5 Å². The lowest BCUT2D eigenvalue weighted by Gasteiger charge is -2.36. The van der Waals surface area contributed by atoms with E-state index in [-0.39, 0.29) is 36.4 Å². The van der Waals surface area contributed by atoms with Crippen molar-refractivity contribution in [3.8, 4) is 0 Å². The molecule has 160 valence electrons. The lowest BCUT2D eigenvalue weighted by Crippen LogP contribution is -2.52. The number of amides is 1. The maximum absolute atomic E-state index is 12.5. The number of benzene rings is 1. The highest BCUT2D eigenvalue weighted by molar-refractivity contribution is 14.0. The average Bonchev–Trinajstić information content (AvgIpc) is 2.77. The van der Waals surface area contributed by atoms with Gasteiger partial charge in [-0.2, -0.15) is 0 Å². The van der Waals surface area contributed by atoms with Crippen LogP contribution >= 0.6 is 24.0 Å². The number of guanidine groups is 1. The van der Waals surface area contributed by atoms with E-state index in [0.717, 1.165) is 39.1 Å². The van der Waals surface area contributed by atoms with Crippen LogP contribution in [0.3, 0.4) is 0 Å². The number of allylic oxidation sites excluding steroid dienone is 1. The second kappa shape index (κ2) is 12.7. The molecule has 2 aliphatic rings. The first-order valence-electron chi connectivity index (χ1n) is 10.5. The summed E-state index contributed by atoms with van der Waals surface area (Å²) in [6, 6.07) is 10.4. The molecule has 3 rings (SSSR count). The molecule has 1 aromatic carbocycles. The molecule has 0 aromatic heterocycles. The van der Waals surface area contributed by atoms with Crippen LogP contribution in [0.5, 0.6) is 0 Å². The molecule has 29 heavy (non-hydrogen) atoms. The maximum atomic E-state index is 12.5. The molecular weight excluding hydrogens is 477 g/mol. The maximum Gasteiger partial charge on any atom is 0.242 e. The lowest BCUT2D eigenvalue weighted by molar-refractivity contribution is -0.130. The van der Waals surface area contributed by atoms with Gasteiger partial charge in [-0.1, -0.05) is 29.8 Å². The molecule has 1 fully saturated rings. The molecule has 0 atom stereocenters. The van der Waals surface area contributed by atoms with Crippen LogP contribution in [0.25, 0.3) is 0 Å². The van der Waals surface area contributed by atoms with E-state index in [1.165, 1.54) is 31.4 Å². The number of halogens is 1. The third-order valence-corrected chi connectivity index (χ3v) is 5.51. The zero-order chi connectivity index (χ0) is 19.6. The summed E-state index contributed by atoms with van der Waals surface area (Å²) in [5.41, 5.74) is 2.77. The number of para-hydroxylation sites is 1. The summed E-state index contributed by atoms with van der Waals surface area (Å²) in [6.07, 6.45) is 8.50. The molecule has 1 aromatic rings. The van der Waals surface area contributed by atoms with E-state index in [0.29, 0.717) is 5.96 Å². The molecule has 0 saturated carbocycles. The predicted molar refractivity (Wildman–Crippen MR) is 131 cm³/mol. The number of carbonyl (C=O) groups excluding carboxylic acids is 1. The Kier molecular flexibility index (Phi) is 10.3. The van der Waals surface area contributed by atoms with Crippen LogP contribution in [0, 0.1) is 0 Å². The Balaban J connectivity index is 0.00000300. The number of hydrogen-bond donors (Lipinski definition) is 2. The second-order valence-electron chi connectivity index (χ2n) is 7.41. The molecule has 0 unspecified atom stereocenters. The van der Waals surface area contributed by atoms with Crippen molar-refractivity contribution in [2.45, 2.75) is 32.1 Å². The number of nitrogens with zero attached hydrogens (tertiary/aromatic N) is 3.